The first kappa shape index (κ1) is 84.9. The molecule has 560 valence electrons. The van der Waals surface area contributed by atoms with Crippen molar-refractivity contribution in [2.24, 2.45) is 45.9 Å². The number of amides is 12. The molecule has 101 heavy (non-hydrogen) atoms. The van der Waals surface area contributed by atoms with Crippen molar-refractivity contribution in [3.63, 3.8) is 0 Å². The molecule has 2 aromatic rings. The van der Waals surface area contributed by atoms with Crippen LogP contribution in [-0.2, 0) is 80.0 Å². The van der Waals surface area contributed by atoms with E-state index in [1.807, 2.05) is 27.7 Å². The van der Waals surface area contributed by atoms with Crippen LogP contribution in [0.4, 0.5) is 0 Å². The molecule has 33 nitrogen and oxygen atoms in total. The molecule has 1 unspecified atom stereocenters. The number of carboxylic acid groups (broad SMARTS) is 2. The Labute approximate surface area is 597 Å². The number of aromatic nitrogens is 2. The number of nitrogens with one attached hydrogen (secondary N) is 12. The fourth-order valence-corrected chi connectivity index (χ4v) is 14.2. The molecule has 16 atom stereocenters. The molecule has 35 heteroatoms. The van der Waals surface area contributed by atoms with Crippen LogP contribution in [0.3, 0.4) is 0 Å². The van der Waals surface area contributed by atoms with Gasteiger partial charge in [0, 0.05) is 31.3 Å². The van der Waals surface area contributed by atoms with Crippen LogP contribution in [0.15, 0.2) is 47.8 Å². The Morgan fingerprint density at radius 2 is 1.27 bits per heavy atom. The number of H-pyrrole nitrogens is 1. The summed E-state index contributed by atoms with van der Waals surface area (Å²) in [7, 11) is -0.554. The number of aliphatic carboxylic acids is 2. The zero-order valence-corrected chi connectivity index (χ0v) is 61.1. The van der Waals surface area contributed by atoms with Gasteiger partial charge in [0.25, 0.3) is 0 Å². The topological polar surface area (TPSA) is 531 Å². The quantitative estimate of drug-likeness (QED) is 0.0361. The Hall–Kier alpha value is -8.53. The van der Waals surface area contributed by atoms with E-state index in [-0.39, 0.29) is 89.1 Å². The summed E-state index contributed by atoms with van der Waals surface area (Å²) in [6, 6.07) is -8.37. The number of nitrogens with zero attached hydrogens (tertiary/aromatic N) is 2. The van der Waals surface area contributed by atoms with Crippen molar-refractivity contribution in [2.75, 3.05) is 18.8 Å². The Kier molecular flexibility index (Phi) is 35.9. The van der Waals surface area contributed by atoms with Gasteiger partial charge in [0.15, 0.2) is 0 Å². The van der Waals surface area contributed by atoms with Gasteiger partial charge in [-0.2, -0.15) is 0 Å². The Morgan fingerprint density at radius 1 is 0.673 bits per heavy atom. The van der Waals surface area contributed by atoms with E-state index in [0.29, 0.717) is 22.1 Å². The molecular weight excluding hydrogens is 1400 g/mol. The first-order valence-electron chi connectivity index (χ1n) is 34.3. The number of hydrogen-bond donors (Lipinski definition) is 17. The number of nitrogens with two attached hydrogens (primary N) is 3. The van der Waals surface area contributed by atoms with Crippen LogP contribution in [0.25, 0.3) is 0 Å². The van der Waals surface area contributed by atoms with Crippen LogP contribution in [0.2, 0.25) is 0 Å². The molecule has 4 rings (SSSR count). The normalized spacial score (nSPS) is 23.8. The number of aliphatic imine (C=N–C) groups is 1. The second kappa shape index (κ2) is 42.7. The van der Waals surface area contributed by atoms with Crippen molar-refractivity contribution in [1.82, 2.24) is 68.5 Å². The van der Waals surface area contributed by atoms with Crippen LogP contribution in [0.5, 0.6) is 0 Å². The fraction of sp³-hybridized carbons (Fsp3) is 0.636. The summed E-state index contributed by atoms with van der Waals surface area (Å²) in [6.45, 7) is 14.1. The molecular formula is C66H103N17O16SSe. The zero-order chi connectivity index (χ0) is 75.2. The molecule has 2 aliphatic rings. The second-order valence-corrected chi connectivity index (χ2v) is 30.1. The summed E-state index contributed by atoms with van der Waals surface area (Å²) in [5.41, 5.74) is 18.8. The van der Waals surface area contributed by atoms with Gasteiger partial charge in [-0.3, -0.25) is 52.7 Å². The van der Waals surface area contributed by atoms with Gasteiger partial charge in [-0.15, -0.1) is 0 Å². The number of hydrogen-bond acceptors (Lipinski definition) is 18. The number of primary amides is 1. The van der Waals surface area contributed by atoms with Crippen molar-refractivity contribution >= 4 is 111 Å². The summed E-state index contributed by atoms with van der Waals surface area (Å²) >= 11 is 3.07. The minimum absolute atomic E-state index is 0.000200. The molecule has 2 aliphatic heterocycles. The summed E-state index contributed by atoms with van der Waals surface area (Å²) < 4.78 is 0. The number of aromatic amines is 1. The Morgan fingerprint density at radius 3 is 1.85 bits per heavy atom. The first-order valence-corrected chi connectivity index (χ1v) is 37.7. The fourth-order valence-electron chi connectivity index (χ4n) is 11.0. The van der Waals surface area contributed by atoms with Gasteiger partial charge < -0.3 is 69.2 Å². The van der Waals surface area contributed by atoms with Crippen molar-refractivity contribution < 1.29 is 77.3 Å². The Bertz CT molecular complexity index is 3260. The van der Waals surface area contributed by atoms with Crippen LogP contribution >= 0.6 is 8.82 Å². The number of benzene rings is 1. The van der Waals surface area contributed by atoms with Crippen molar-refractivity contribution in [1.29, 1.82) is 0 Å². The standard InChI is InChI=1S/C66H103N17O16SSe/c1-9-35(6)52(69)66-81-48(32-100(66)101)63(97)76-43(26-34(4)5)59(93)74-42(22-23-50(85)86)58(92)83-53(36(7)10-2)64(98)75-40-20-15-16-25-71-55(89)46(29-49(68)84)78-62(96)47(30-51(87)88)79-61(95)45(28-39-31-70-33-72-39)77-60(94)44(27-38-18-13-12-14-19-38)80-65(99)54(37(8)11-3)82-57(91)41(21-17-24-67)73-56(40)90/h12-14,18-19,31,33-37,40-48,52-54H,9-11,15-17,20-30,32,67,69H2,1-8H3,(H2,68,84)(H,70,72)(H,71,89)(H,73,90)(H,74,93)(H,75,98)(H,76,97)(H,77,94)(H,78,96)(H,79,95)(H,80,99)(H,82,91)(H,83,92)(H,85,86)(H,87,88)/t35-,36-,37-,40-,41+,42+,43-,44+,45-,46-,47+,48-,52-,53-,54+,100?/m0/s1. The molecule has 1 aromatic carbocycles. The summed E-state index contributed by atoms with van der Waals surface area (Å²) in [5.74, 6) is -15.4. The SMILES string of the molecule is CC[C@H](C)[C@H](N)C1=N[C@H](C(=O)N[C@@H](CC(C)C)C(=O)N[C@H](CCC(=O)O)C(=O)N[C@H](C(=O)N[C@H]2CCCCNC(=O)[C@H](CC(N)=O)NC(=O)[C@@H](CC(=O)O)NC(=O)[C@H](Cc3cnc[nH]3)NC(=O)[C@@H](Cc3ccccc3)NC(=O)[C@@H]([C@@H](C)CC)NC(=O)[C@@H](CCCN)NC2=O)[C@@H](C)CC)CS1=[Se]. The number of carbonyl (C=O) groups is 14. The average Bonchev–Trinajstić information content (AvgIpc) is 1.82. The molecule has 1 aromatic heterocycles. The number of imidazole rings is 1. The van der Waals surface area contributed by atoms with Gasteiger partial charge in [0.1, 0.15) is 42.3 Å². The molecule has 1 fully saturated rings. The summed E-state index contributed by atoms with van der Waals surface area (Å²) in [5, 5.41) is 49.2. The second-order valence-electron chi connectivity index (χ2n) is 26.2. The molecule has 0 bridgehead atoms. The van der Waals surface area contributed by atoms with E-state index >= 15 is 0 Å². The van der Waals surface area contributed by atoms with Gasteiger partial charge in [0.05, 0.1) is 19.2 Å². The van der Waals surface area contributed by atoms with Gasteiger partial charge in [0.2, 0.25) is 53.2 Å². The zero-order valence-electron chi connectivity index (χ0n) is 58.6. The van der Waals surface area contributed by atoms with Crippen LogP contribution in [-0.4, -0.2) is 214 Å². The first-order chi connectivity index (χ1) is 47.8. The van der Waals surface area contributed by atoms with E-state index in [1.54, 1.807) is 58.0 Å². The third-order valence-corrected chi connectivity index (χ3v) is 21.0. The third kappa shape index (κ3) is 28.1. The van der Waals surface area contributed by atoms with E-state index < -0.39 is 202 Å². The van der Waals surface area contributed by atoms with E-state index in [4.69, 9.17) is 17.2 Å². The Balaban J connectivity index is 1.77. The van der Waals surface area contributed by atoms with E-state index in [0.717, 1.165) is 6.42 Å². The van der Waals surface area contributed by atoms with Gasteiger partial charge in [-0.25, -0.2) is 4.98 Å². The number of rotatable bonds is 31. The molecule has 0 aliphatic carbocycles. The maximum absolute atomic E-state index is 14.9. The van der Waals surface area contributed by atoms with Crippen molar-refractivity contribution in [3.05, 3.63) is 54.1 Å². The van der Waals surface area contributed by atoms with E-state index in [9.17, 15) is 77.3 Å². The molecule has 1 saturated heterocycles. The van der Waals surface area contributed by atoms with Crippen molar-refractivity contribution in [3.8, 4) is 0 Å². The van der Waals surface area contributed by atoms with Crippen LogP contribution in [0, 0.1) is 23.7 Å². The average molecular weight is 1500 g/mol. The number of carbonyl (C=O) groups excluding carboxylic acids is 12. The minimum atomic E-state index is -1.94. The van der Waals surface area contributed by atoms with Crippen LogP contribution < -0.4 is 75.7 Å². The number of carboxylic acids is 2. The monoisotopic (exact) mass is 1500 g/mol. The van der Waals surface area contributed by atoms with Crippen molar-refractivity contribution in [2.45, 2.75) is 224 Å². The predicted octanol–water partition coefficient (Wildman–Crippen LogP) is -2.06. The predicted molar refractivity (Wildman–Crippen MR) is 375 cm³/mol. The molecule has 3 heterocycles. The van der Waals surface area contributed by atoms with Gasteiger partial charge in [-0.05, 0) is 56.0 Å². The van der Waals surface area contributed by atoms with Crippen LogP contribution in [0.1, 0.15) is 150 Å². The molecule has 0 saturated carbocycles. The molecule has 0 spiro atoms. The van der Waals surface area contributed by atoms with Gasteiger partial charge in [-0.1, -0.05) is 70.9 Å². The van der Waals surface area contributed by atoms with E-state index in [1.165, 1.54) is 12.5 Å². The maximum atomic E-state index is 14.9. The van der Waals surface area contributed by atoms with Gasteiger partial charge >= 0.3 is 200 Å². The molecule has 12 amide bonds. The molecule has 20 N–H and O–H groups in total. The molecule has 0 radical (unpaired) electrons. The summed E-state index contributed by atoms with van der Waals surface area (Å²) in [4.78, 5) is 207. The summed E-state index contributed by atoms with van der Waals surface area (Å²) in [6.07, 6.45) is 0.350. The third-order valence-electron chi connectivity index (χ3n) is 17.6. The van der Waals surface area contributed by atoms with E-state index in [2.05, 4.69) is 87.8 Å².